The normalized spacial score (nSPS) is 10.6. The van der Waals surface area contributed by atoms with Crippen LogP contribution < -0.4 is 10.1 Å². The number of hydrogen-bond donors (Lipinski definition) is 1. The summed E-state index contributed by atoms with van der Waals surface area (Å²) in [6, 6.07) is 4.29. The number of aromatic nitrogens is 2. The van der Waals surface area contributed by atoms with Crippen LogP contribution in [0.15, 0.2) is 18.2 Å². The maximum Gasteiger partial charge on any atom is 0.263 e. The van der Waals surface area contributed by atoms with Gasteiger partial charge in [-0.15, -0.1) is 0 Å². The lowest BCUT2D eigenvalue weighted by Crippen LogP contribution is -2.18. The van der Waals surface area contributed by atoms with Gasteiger partial charge in [0.25, 0.3) is 5.91 Å². The summed E-state index contributed by atoms with van der Waals surface area (Å²) in [5, 5.41) is 7.15. The van der Waals surface area contributed by atoms with Crippen LogP contribution in [0.1, 0.15) is 35.5 Å². The van der Waals surface area contributed by atoms with Crippen LogP contribution in [0, 0.1) is 5.82 Å². The minimum atomic E-state index is -0.618. The lowest BCUT2D eigenvalue weighted by molar-refractivity contribution is 0.101. The van der Waals surface area contributed by atoms with E-state index >= 15 is 0 Å². The first-order valence-corrected chi connectivity index (χ1v) is 7.22. The third-order valence-corrected chi connectivity index (χ3v) is 3.57. The Labute approximate surface area is 129 Å². The Kier molecular flexibility index (Phi) is 4.80. The Morgan fingerprint density at radius 1 is 1.36 bits per heavy atom. The summed E-state index contributed by atoms with van der Waals surface area (Å²) in [7, 11) is 3.16. The molecule has 0 radical (unpaired) electrons. The molecule has 118 valence electrons. The minimum Gasteiger partial charge on any atom is -0.496 e. The molecule has 6 heteroatoms. The quantitative estimate of drug-likeness (QED) is 0.924. The van der Waals surface area contributed by atoms with Gasteiger partial charge in [-0.05, 0) is 25.0 Å². The van der Waals surface area contributed by atoms with Crippen molar-refractivity contribution >= 4 is 11.7 Å². The van der Waals surface area contributed by atoms with Crippen molar-refractivity contribution in [2.45, 2.75) is 26.7 Å². The number of halogens is 1. The molecule has 0 aliphatic rings. The monoisotopic (exact) mass is 305 g/mol. The molecule has 0 saturated heterocycles. The van der Waals surface area contributed by atoms with E-state index in [4.69, 9.17) is 4.74 Å². The van der Waals surface area contributed by atoms with Crippen molar-refractivity contribution in [2.75, 3.05) is 12.4 Å². The molecular weight excluding hydrogens is 285 g/mol. The minimum absolute atomic E-state index is 0.105. The number of rotatable bonds is 5. The number of hydrogen-bond acceptors (Lipinski definition) is 3. The molecule has 0 unspecified atom stereocenters. The van der Waals surface area contributed by atoms with Crippen molar-refractivity contribution in [1.82, 2.24) is 9.78 Å². The van der Waals surface area contributed by atoms with Crippen molar-refractivity contribution in [2.24, 2.45) is 7.05 Å². The molecular formula is C16H20FN3O2. The molecule has 1 amide bonds. The molecule has 5 nitrogen and oxygen atoms in total. The van der Waals surface area contributed by atoms with Crippen LogP contribution in [0.3, 0.4) is 0 Å². The molecule has 0 aliphatic carbocycles. The Morgan fingerprint density at radius 3 is 2.68 bits per heavy atom. The maximum atomic E-state index is 14.0. The third kappa shape index (κ3) is 2.81. The lowest BCUT2D eigenvalue weighted by atomic mass is 10.1. The molecule has 1 heterocycles. The van der Waals surface area contributed by atoms with Gasteiger partial charge >= 0.3 is 0 Å². The smallest absolute Gasteiger partial charge is 0.263 e. The van der Waals surface area contributed by atoms with Crippen LogP contribution in [0.4, 0.5) is 10.2 Å². The Morgan fingerprint density at radius 2 is 2.09 bits per heavy atom. The average Bonchev–Trinajstić information content (AvgIpc) is 2.82. The maximum absolute atomic E-state index is 14.0. The fraction of sp³-hybridized carbons (Fsp3) is 0.375. The number of methoxy groups -OCH3 is 1. The van der Waals surface area contributed by atoms with Crippen LogP contribution in [-0.2, 0) is 19.9 Å². The second kappa shape index (κ2) is 6.60. The van der Waals surface area contributed by atoms with Gasteiger partial charge in [-0.3, -0.25) is 9.48 Å². The largest absolute Gasteiger partial charge is 0.496 e. The summed E-state index contributed by atoms with van der Waals surface area (Å²) in [6.07, 6.45) is 1.51. The average molecular weight is 305 g/mol. The highest BCUT2D eigenvalue weighted by Gasteiger charge is 2.21. The molecule has 0 atom stereocenters. The molecule has 22 heavy (non-hydrogen) atoms. The number of nitrogens with one attached hydrogen (secondary N) is 1. The van der Waals surface area contributed by atoms with Crippen LogP contribution in [0.25, 0.3) is 0 Å². The predicted octanol–water partition coefficient (Wildman–Crippen LogP) is 2.94. The predicted molar refractivity (Wildman–Crippen MR) is 82.9 cm³/mol. The van der Waals surface area contributed by atoms with Gasteiger partial charge in [0.05, 0.1) is 12.8 Å². The zero-order valence-electron chi connectivity index (χ0n) is 13.2. The molecule has 1 aromatic carbocycles. The number of amides is 1. The van der Waals surface area contributed by atoms with E-state index in [1.807, 2.05) is 13.8 Å². The van der Waals surface area contributed by atoms with Gasteiger partial charge in [0, 0.05) is 12.6 Å². The third-order valence-electron chi connectivity index (χ3n) is 3.57. The number of anilines is 1. The van der Waals surface area contributed by atoms with E-state index in [9.17, 15) is 9.18 Å². The zero-order chi connectivity index (χ0) is 16.3. The number of carbonyl (C=O) groups excluding carboxylic acids is 1. The van der Waals surface area contributed by atoms with Crippen molar-refractivity contribution < 1.29 is 13.9 Å². The number of ether oxygens (including phenoxy) is 1. The van der Waals surface area contributed by atoms with Gasteiger partial charge in [-0.1, -0.05) is 19.9 Å². The summed E-state index contributed by atoms with van der Waals surface area (Å²) in [6.45, 7) is 4.00. The van der Waals surface area contributed by atoms with Crippen LogP contribution >= 0.6 is 0 Å². The fourth-order valence-corrected chi connectivity index (χ4v) is 2.50. The highest BCUT2D eigenvalue weighted by molar-refractivity contribution is 6.06. The molecule has 0 bridgehead atoms. The molecule has 0 fully saturated rings. The van der Waals surface area contributed by atoms with Gasteiger partial charge in [0.1, 0.15) is 22.9 Å². The van der Waals surface area contributed by atoms with Gasteiger partial charge in [-0.25, -0.2) is 4.39 Å². The highest BCUT2D eigenvalue weighted by atomic mass is 19.1. The Hall–Kier alpha value is -2.37. The summed E-state index contributed by atoms with van der Waals surface area (Å²) < 4.78 is 20.7. The van der Waals surface area contributed by atoms with E-state index in [-0.39, 0.29) is 11.3 Å². The number of aryl methyl sites for hydroxylation is 2. The molecule has 1 aromatic heterocycles. The van der Waals surface area contributed by atoms with E-state index in [2.05, 4.69) is 10.4 Å². The van der Waals surface area contributed by atoms with E-state index in [0.29, 0.717) is 5.82 Å². The first kappa shape index (κ1) is 16.0. The number of benzene rings is 1. The van der Waals surface area contributed by atoms with Gasteiger partial charge in [0.15, 0.2) is 0 Å². The Balaban J connectivity index is 2.40. The zero-order valence-corrected chi connectivity index (χ0v) is 13.2. The summed E-state index contributed by atoms with van der Waals surface area (Å²) >= 11 is 0. The van der Waals surface area contributed by atoms with Gasteiger partial charge < -0.3 is 10.1 Å². The van der Waals surface area contributed by atoms with E-state index < -0.39 is 11.7 Å². The molecule has 2 aromatic rings. The molecule has 0 aliphatic heterocycles. The fourth-order valence-electron chi connectivity index (χ4n) is 2.50. The van der Waals surface area contributed by atoms with Crippen molar-refractivity contribution in [1.29, 1.82) is 0 Å². The van der Waals surface area contributed by atoms with Crippen LogP contribution in [0.5, 0.6) is 5.75 Å². The molecule has 2 rings (SSSR count). The standard InChI is InChI=1S/C16H20FN3O2/c1-5-10-12(6-2)19-20(3)15(10)18-16(21)14-11(17)8-7-9-13(14)22-4/h7-9H,5-6H2,1-4H3,(H,18,21). The first-order valence-electron chi connectivity index (χ1n) is 7.22. The van der Waals surface area contributed by atoms with E-state index in [1.165, 1.54) is 19.2 Å². The van der Waals surface area contributed by atoms with Crippen LogP contribution in [0.2, 0.25) is 0 Å². The van der Waals surface area contributed by atoms with E-state index in [0.717, 1.165) is 24.1 Å². The van der Waals surface area contributed by atoms with Gasteiger partial charge in [-0.2, -0.15) is 5.10 Å². The van der Waals surface area contributed by atoms with Gasteiger partial charge in [0.2, 0.25) is 0 Å². The summed E-state index contributed by atoms with van der Waals surface area (Å²) in [5.41, 5.74) is 1.79. The topological polar surface area (TPSA) is 56.2 Å². The highest BCUT2D eigenvalue weighted by Crippen LogP contribution is 2.25. The summed E-state index contributed by atoms with van der Waals surface area (Å²) in [5.74, 6) is -0.369. The van der Waals surface area contributed by atoms with Crippen molar-refractivity contribution in [3.63, 3.8) is 0 Å². The van der Waals surface area contributed by atoms with Crippen LogP contribution in [-0.4, -0.2) is 22.8 Å². The molecule has 1 N–H and O–H groups in total. The summed E-state index contributed by atoms with van der Waals surface area (Å²) in [4.78, 5) is 12.5. The SMILES string of the molecule is CCc1nn(C)c(NC(=O)c2c(F)cccc2OC)c1CC. The Bertz CT molecular complexity index is 695. The van der Waals surface area contributed by atoms with Crippen molar-refractivity contribution in [3.8, 4) is 5.75 Å². The number of carbonyl (C=O) groups is 1. The second-order valence-corrected chi connectivity index (χ2v) is 4.88. The number of nitrogens with zero attached hydrogens (tertiary/aromatic N) is 2. The second-order valence-electron chi connectivity index (χ2n) is 4.88. The lowest BCUT2D eigenvalue weighted by Gasteiger charge is -2.11. The molecule has 0 spiro atoms. The van der Waals surface area contributed by atoms with E-state index in [1.54, 1.807) is 17.8 Å². The first-order chi connectivity index (χ1) is 10.5. The van der Waals surface area contributed by atoms with Crippen molar-refractivity contribution in [3.05, 3.63) is 40.8 Å². The molecule has 0 saturated carbocycles.